The molecule has 0 bridgehead atoms. The summed E-state index contributed by atoms with van der Waals surface area (Å²) in [5.74, 6) is 1.04. The van der Waals surface area contributed by atoms with Crippen molar-refractivity contribution in [3.63, 3.8) is 0 Å². The van der Waals surface area contributed by atoms with Crippen LogP contribution in [0.2, 0.25) is 0 Å². The third kappa shape index (κ3) is 5.12. The molecular formula is C16H26N2O2. The second-order valence-electron chi connectivity index (χ2n) is 5.38. The van der Waals surface area contributed by atoms with E-state index in [1.54, 1.807) is 6.26 Å². The van der Waals surface area contributed by atoms with Gasteiger partial charge in [0, 0.05) is 32.7 Å². The Bertz CT molecular complexity index is 395. The van der Waals surface area contributed by atoms with Crippen LogP contribution in [0.1, 0.15) is 19.6 Å². The molecular weight excluding hydrogens is 252 g/mol. The number of nitrogens with zero attached hydrogens (tertiary/aromatic N) is 2. The van der Waals surface area contributed by atoms with E-state index in [1.165, 1.54) is 5.57 Å². The zero-order valence-corrected chi connectivity index (χ0v) is 12.7. The third-order valence-electron chi connectivity index (χ3n) is 3.76. The molecule has 1 saturated heterocycles. The molecule has 4 heteroatoms. The molecule has 0 unspecified atom stereocenters. The van der Waals surface area contributed by atoms with Crippen LogP contribution in [0, 0.1) is 0 Å². The molecule has 0 aliphatic carbocycles. The van der Waals surface area contributed by atoms with E-state index in [0.717, 1.165) is 58.2 Å². The van der Waals surface area contributed by atoms with E-state index in [1.807, 2.05) is 12.1 Å². The quantitative estimate of drug-likeness (QED) is 0.716. The van der Waals surface area contributed by atoms with Crippen molar-refractivity contribution in [2.24, 2.45) is 0 Å². The van der Waals surface area contributed by atoms with Crippen molar-refractivity contribution in [2.45, 2.75) is 20.4 Å². The second-order valence-corrected chi connectivity index (χ2v) is 5.38. The smallest absolute Gasteiger partial charge is 0.117 e. The highest BCUT2D eigenvalue weighted by Crippen LogP contribution is 2.08. The van der Waals surface area contributed by atoms with E-state index in [-0.39, 0.29) is 0 Å². The first-order chi connectivity index (χ1) is 9.78. The van der Waals surface area contributed by atoms with Crippen molar-refractivity contribution in [3.05, 3.63) is 35.8 Å². The van der Waals surface area contributed by atoms with Crippen LogP contribution in [0.25, 0.3) is 0 Å². The molecule has 1 aromatic heterocycles. The van der Waals surface area contributed by atoms with E-state index >= 15 is 0 Å². The average Bonchev–Trinajstić information content (AvgIpc) is 2.98. The maximum atomic E-state index is 5.48. The van der Waals surface area contributed by atoms with Crippen molar-refractivity contribution < 1.29 is 9.15 Å². The molecule has 1 fully saturated rings. The van der Waals surface area contributed by atoms with Crippen molar-refractivity contribution in [2.75, 3.05) is 45.9 Å². The monoisotopic (exact) mass is 278 g/mol. The Labute approximate surface area is 122 Å². The highest BCUT2D eigenvalue weighted by molar-refractivity contribution is 5.02. The van der Waals surface area contributed by atoms with Gasteiger partial charge in [-0.15, -0.1) is 0 Å². The van der Waals surface area contributed by atoms with Crippen LogP contribution in [0.4, 0.5) is 0 Å². The van der Waals surface area contributed by atoms with Crippen molar-refractivity contribution in [3.8, 4) is 0 Å². The second kappa shape index (κ2) is 8.25. The lowest BCUT2D eigenvalue weighted by atomic mass is 10.2. The molecule has 2 rings (SSSR count). The van der Waals surface area contributed by atoms with Gasteiger partial charge in [-0.1, -0.05) is 11.6 Å². The Kier molecular flexibility index (Phi) is 6.30. The minimum Gasteiger partial charge on any atom is -0.468 e. The van der Waals surface area contributed by atoms with E-state index in [9.17, 15) is 0 Å². The molecule has 0 N–H and O–H groups in total. The Hall–Kier alpha value is -1.10. The maximum absolute atomic E-state index is 5.48. The van der Waals surface area contributed by atoms with Crippen LogP contribution in [0.15, 0.2) is 34.5 Å². The molecule has 0 spiro atoms. The molecule has 2 heterocycles. The zero-order chi connectivity index (χ0) is 14.2. The highest BCUT2D eigenvalue weighted by atomic mass is 16.5. The van der Waals surface area contributed by atoms with E-state index in [4.69, 9.17) is 9.15 Å². The fraction of sp³-hybridized carbons (Fsp3) is 0.625. The summed E-state index contributed by atoms with van der Waals surface area (Å²) in [7, 11) is 0. The van der Waals surface area contributed by atoms with E-state index < -0.39 is 0 Å². The summed E-state index contributed by atoms with van der Waals surface area (Å²) in [4.78, 5) is 4.92. The van der Waals surface area contributed by atoms with Crippen LogP contribution in [0.5, 0.6) is 0 Å². The van der Waals surface area contributed by atoms with Gasteiger partial charge >= 0.3 is 0 Å². The Balaban J connectivity index is 1.84. The van der Waals surface area contributed by atoms with Gasteiger partial charge in [-0.2, -0.15) is 0 Å². The summed E-state index contributed by atoms with van der Waals surface area (Å²) >= 11 is 0. The molecule has 20 heavy (non-hydrogen) atoms. The van der Waals surface area contributed by atoms with E-state index in [2.05, 4.69) is 29.7 Å². The number of morpholine rings is 1. The number of hydrogen-bond donors (Lipinski definition) is 0. The highest BCUT2D eigenvalue weighted by Gasteiger charge is 2.13. The summed E-state index contributed by atoms with van der Waals surface area (Å²) in [6.45, 7) is 12.2. The van der Waals surface area contributed by atoms with Gasteiger partial charge in [0.1, 0.15) is 5.76 Å². The van der Waals surface area contributed by atoms with Crippen molar-refractivity contribution >= 4 is 0 Å². The fourth-order valence-electron chi connectivity index (χ4n) is 2.39. The molecule has 0 saturated carbocycles. The molecule has 112 valence electrons. The molecule has 1 aliphatic heterocycles. The van der Waals surface area contributed by atoms with Gasteiger partial charge in [-0.25, -0.2) is 0 Å². The molecule has 4 nitrogen and oxygen atoms in total. The number of rotatable bonds is 7. The number of allylic oxidation sites excluding steroid dienone is 1. The standard InChI is InChI=1S/C16H26N2O2/c1-3-15(2)13-18(14-16-5-4-10-20-16)7-6-17-8-11-19-12-9-17/h3-5,10H,6-9,11-14H2,1-2H3/b15-3+. The Morgan fingerprint density at radius 2 is 2.20 bits per heavy atom. The molecule has 0 aromatic carbocycles. The number of ether oxygens (including phenoxy) is 1. The van der Waals surface area contributed by atoms with Gasteiger partial charge in [0.05, 0.1) is 26.0 Å². The van der Waals surface area contributed by atoms with E-state index in [0.29, 0.717) is 0 Å². The lowest BCUT2D eigenvalue weighted by Crippen LogP contribution is -2.41. The Morgan fingerprint density at radius 1 is 1.40 bits per heavy atom. The lowest BCUT2D eigenvalue weighted by molar-refractivity contribution is 0.0331. The topological polar surface area (TPSA) is 28.9 Å². The SMILES string of the molecule is C/C=C(\C)CN(CCN1CCOCC1)Cc1ccco1. The molecule has 0 atom stereocenters. The predicted molar refractivity (Wildman–Crippen MR) is 80.7 cm³/mol. The summed E-state index contributed by atoms with van der Waals surface area (Å²) in [5.41, 5.74) is 1.40. The van der Waals surface area contributed by atoms with Crippen LogP contribution in [-0.2, 0) is 11.3 Å². The maximum Gasteiger partial charge on any atom is 0.117 e. The third-order valence-corrected chi connectivity index (χ3v) is 3.76. The summed E-state index contributed by atoms with van der Waals surface area (Å²) < 4.78 is 10.9. The van der Waals surface area contributed by atoms with Gasteiger partial charge in [0.25, 0.3) is 0 Å². The first-order valence-electron chi connectivity index (χ1n) is 7.44. The summed E-state index contributed by atoms with van der Waals surface area (Å²) in [6.07, 6.45) is 3.93. The minimum absolute atomic E-state index is 0.867. The van der Waals surface area contributed by atoms with Crippen molar-refractivity contribution in [1.29, 1.82) is 0 Å². The first-order valence-corrected chi connectivity index (χ1v) is 7.44. The predicted octanol–water partition coefficient (Wildman–Crippen LogP) is 2.38. The normalized spacial score (nSPS) is 17.9. The van der Waals surface area contributed by atoms with Crippen LogP contribution in [0.3, 0.4) is 0 Å². The van der Waals surface area contributed by atoms with Crippen LogP contribution >= 0.6 is 0 Å². The number of furan rings is 1. The van der Waals surface area contributed by atoms with Gasteiger partial charge in [-0.05, 0) is 26.0 Å². The number of hydrogen-bond acceptors (Lipinski definition) is 4. The fourth-order valence-corrected chi connectivity index (χ4v) is 2.39. The van der Waals surface area contributed by atoms with Crippen molar-refractivity contribution in [1.82, 2.24) is 9.80 Å². The molecule has 1 aliphatic rings. The van der Waals surface area contributed by atoms with Gasteiger partial charge in [0.2, 0.25) is 0 Å². The molecule has 0 amide bonds. The summed E-state index contributed by atoms with van der Waals surface area (Å²) in [6, 6.07) is 4.00. The van der Waals surface area contributed by atoms with Gasteiger partial charge < -0.3 is 9.15 Å². The van der Waals surface area contributed by atoms with Crippen LogP contribution in [-0.4, -0.2) is 55.7 Å². The van der Waals surface area contributed by atoms with Gasteiger partial charge in [-0.3, -0.25) is 9.80 Å². The first kappa shape index (κ1) is 15.3. The zero-order valence-electron chi connectivity index (χ0n) is 12.7. The Morgan fingerprint density at radius 3 is 2.85 bits per heavy atom. The summed E-state index contributed by atoms with van der Waals surface area (Å²) in [5, 5.41) is 0. The molecule has 0 radical (unpaired) electrons. The largest absolute Gasteiger partial charge is 0.468 e. The van der Waals surface area contributed by atoms with Gasteiger partial charge in [0.15, 0.2) is 0 Å². The average molecular weight is 278 g/mol. The lowest BCUT2D eigenvalue weighted by Gasteiger charge is -2.29. The molecule has 1 aromatic rings. The minimum atomic E-state index is 0.867. The van der Waals surface area contributed by atoms with Crippen LogP contribution < -0.4 is 0 Å².